The molecule has 0 radical (unpaired) electrons. The van der Waals surface area contributed by atoms with Gasteiger partial charge < -0.3 is 9.72 Å². The standard InChI is InChI=1S/C19H23FIN3O2/c1-19(2,3)26-18(25)24-11-12(9-20)8-16(24)17-22-10-15(23-17)13-4-6-14(21)7-5-13/h4-7,10,12,16H,8-9,11H2,1-3H3,(H,22,23)/t12-,16+/m1/s1. The fourth-order valence-corrected chi connectivity index (χ4v) is 3.46. The zero-order chi connectivity index (χ0) is 18.9. The number of amides is 1. The highest BCUT2D eigenvalue weighted by Crippen LogP contribution is 2.36. The van der Waals surface area contributed by atoms with Crippen LogP contribution in [0.5, 0.6) is 0 Å². The van der Waals surface area contributed by atoms with E-state index in [9.17, 15) is 9.18 Å². The number of hydrogen-bond donors (Lipinski definition) is 1. The van der Waals surface area contributed by atoms with Gasteiger partial charge in [0, 0.05) is 16.0 Å². The number of carbonyl (C=O) groups is 1. The summed E-state index contributed by atoms with van der Waals surface area (Å²) < 4.78 is 19.9. The molecule has 0 spiro atoms. The molecule has 26 heavy (non-hydrogen) atoms. The van der Waals surface area contributed by atoms with Crippen molar-refractivity contribution < 1.29 is 13.9 Å². The third-order valence-electron chi connectivity index (χ3n) is 4.30. The van der Waals surface area contributed by atoms with Gasteiger partial charge in [-0.05, 0) is 67.5 Å². The number of ether oxygens (including phenoxy) is 1. The summed E-state index contributed by atoms with van der Waals surface area (Å²) in [6.45, 7) is 5.36. The Morgan fingerprint density at radius 1 is 1.38 bits per heavy atom. The number of imidazole rings is 1. The van der Waals surface area contributed by atoms with Crippen LogP contribution in [0.2, 0.25) is 0 Å². The predicted octanol–water partition coefficient (Wildman–Crippen LogP) is 4.95. The Bertz CT molecular complexity index is 770. The summed E-state index contributed by atoms with van der Waals surface area (Å²) in [5.41, 5.74) is 1.31. The van der Waals surface area contributed by atoms with E-state index in [-0.39, 0.29) is 12.0 Å². The van der Waals surface area contributed by atoms with E-state index >= 15 is 0 Å². The van der Waals surface area contributed by atoms with Crippen molar-refractivity contribution in [1.82, 2.24) is 14.9 Å². The molecule has 1 aliphatic rings. The third-order valence-corrected chi connectivity index (χ3v) is 5.02. The van der Waals surface area contributed by atoms with E-state index in [4.69, 9.17) is 4.74 Å². The summed E-state index contributed by atoms with van der Waals surface area (Å²) in [5.74, 6) is 0.472. The number of carbonyl (C=O) groups excluding carboxylic acids is 1. The van der Waals surface area contributed by atoms with Gasteiger partial charge in [-0.25, -0.2) is 9.78 Å². The Labute approximate surface area is 166 Å². The van der Waals surface area contributed by atoms with Crippen LogP contribution in [0.4, 0.5) is 9.18 Å². The van der Waals surface area contributed by atoms with Crippen LogP contribution in [0.15, 0.2) is 30.5 Å². The first-order valence-electron chi connectivity index (χ1n) is 8.63. The molecule has 2 atom stereocenters. The quantitative estimate of drug-likeness (QED) is 0.645. The van der Waals surface area contributed by atoms with Gasteiger partial charge in [0.05, 0.1) is 24.6 Å². The smallest absolute Gasteiger partial charge is 0.410 e. The van der Waals surface area contributed by atoms with E-state index in [1.165, 1.54) is 0 Å². The monoisotopic (exact) mass is 471 g/mol. The van der Waals surface area contributed by atoms with Crippen LogP contribution < -0.4 is 0 Å². The van der Waals surface area contributed by atoms with E-state index < -0.39 is 18.4 Å². The molecule has 1 N–H and O–H groups in total. The maximum atomic E-state index is 13.3. The molecule has 0 unspecified atom stereocenters. The molecule has 1 saturated heterocycles. The van der Waals surface area contributed by atoms with Gasteiger partial charge in [-0.1, -0.05) is 12.1 Å². The summed E-state index contributed by atoms with van der Waals surface area (Å²) in [4.78, 5) is 21.9. The van der Waals surface area contributed by atoms with Crippen LogP contribution in [0.3, 0.4) is 0 Å². The van der Waals surface area contributed by atoms with Crippen molar-refractivity contribution in [3.63, 3.8) is 0 Å². The minimum Gasteiger partial charge on any atom is -0.444 e. The lowest BCUT2D eigenvalue weighted by Gasteiger charge is -2.27. The molecule has 0 saturated carbocycles. The van der Waals surface area contributed by atoms with E-state index in [0.29, 0.717) is 18.8 Å². The average molecular weight is 471 g/mol. The number of nitrogens with one attached hydrogen (secondary N) is 1. The molecule has 1 fully saturated rings. The molecule has 1 aromatic carbocycles. The molecule has 3 rings (SSSR count). The van der Waals surface area contributed by atoms with Crippen LogP contribution in [0, 0.1) is 9.49 Å². The fraction of sp³-hybridized carbons (Fsp3) is 0.474. The minimum atomic E-state index is -0.592. The molecule has 7 heteroatoms. The molecule has 2 aromatic rings. The minimum absolute atomic E-state index is 0.195. The van der Waals surface area contributed by atoms with Crippen molar-refractivity contribution in [1.29, 1.82) is 0 Å². The number of benzene rings is 1. The zero-order valence-electron chi connectivity index (χ0n) is 15.1. The Kier molecular flexibility index (Phi) is 5.55. The second kappa shape index (κ2) is 7.54. The Balaban J connectivity index is 1.83. The van der Waals surface area contributed by atoms with Crippen molar-refractivity contribution in [3.8, 4) is 11.3 Å². The first-order chi connectivity index (χ1) is 12.3. The van der Waals surface area contributed by atoms with Crippen LogP contribution in [-0.2, 0) is 4.74 Å². The van der Waals surface area contributed by atoms with Crippen molar-refractivity contribution in [2.45, 2.75) is 38.8 Å². The number of hydrogen-bond acceptors (Lipinski definition) is 3. The van der Waals surface area contributed by atoms with Crippen LogP contribution >= 0.6 is 22.6 Å². The van der Waals surface area contributed by atoms with Crippen LogP contribution in [0.25, 0.3) is 11.3 Å². The highest BCUT2D eigenvalue weighted by atomic mass is 127. The number of rotatable bonds is 3. The normalized spacial score (nSPS) is 20.4. The van der Waals surface area contributed by atoms with Crippen molar-refractivity contribution in [2.75, 3.05) is 13.2 Å². The van der Waals surface area contributed by atoms with Crippen molar-refractivity contribution in [2.24, 2.45) is 5.92 Å². The average Bonchev–Trinajstić information content (AvgIpc) is 3.20. The Morgan fingerprint density at radius 3 is 2.69 bits per heavy atom. The largest absolute Gasteiger partial charge is 0.444 e. The van der Waals surface area contributed by atoms with E-state index in [1.54, 1.807) is 11.1 Å². The fourth-order valence-electron chi connectivity index (χ4n) is 3.10. The number of aromatic nitrogens is 2. The molecule has 1 amide bonds. The van der Waals surface area contributed by atoms with Gasteiger partial charge in [0.2, 0.25) is 0 Å². The summed E-state index contributed by atoms with van der Waals surface area (Å²) in [5, 5.41) is 0. The maximum absolute atomic E-state index is 13.3. The van der Waals surface area contributed by atoms with Gasteiger partial charge in [-0.2, -0.15) is 0 Å². The van der Waals surface area contributed by atoms with Crippen LogP contribution in [-0.4, -0.2) is 39.8 Å². The molecule has 5 nitrogen and oxygen atoms in total. The Morgan fingerprint density at radius 2 is 2.08 bits per heavy atom. The Hall–Kier alpha value is -1.64. The summed E-state index contributed by atoms with van der Waals surface area (Å²) >= 11 is 2.26. The lowest BCUT2D eigenvalue weighted by molar-refractivity contribution is 0.0213. The second-order valence-electron chi connectivity index (χ2n) is 7.59. The van der Waals surface area contributed by atoms with Crippen LogP contribution in [0.1, 0.15) is 39.1 Å². The molecule has 0 bridgehead atoms. The highest BCUT2D eigenvalue weighted by molar-refractivity contribution is 14.1. The number of halogens is 2. The maximum Gasteiger partial charge on any atom is 0.410 e. The first-order valence-corrected chi connectivity index (χ1v) is 9.71. The van der Waals surface area contributed by atoms with E-state index in [2.05, 4.69) is 32.6 Å². The summed E-state index contributed by atoms with van der Waals surface area (Å²) in [6, 6.07) is 7.78. The zero-order valence-corrected chi connectivity index (χ0v) is 17.3. The number of nitrogens with zero attached hydrogens (tertiary/aromatic N) is 2. The number of aromatic amines is 1. The number of H-pyrrole nitrogens is 1. The highest BCUT2D eigenvalue weighted by Gasteiger charge is 2.39. The predicted molar refractivity (Wildman–Crippen MR) is 107 cm³/mol. The lowest BCUT2D eigenvalue weighted by Crippen LogP contribution is -2.37. The molecular weight excluding hydrogens is 448 g/mol. The summed E-state index contributed by atoms with van der Waals surface area (Å²) in [7, 11) is 0. The number of alkyl halides is 1. The van der Waals surface area contributed by atoms with Gasteiger partial charge in [0.15, 0.2) is 0 Å². The molecule has 1 aliphatic heterocycles. The SMILES string of the molecule is CC(C)(C)OC(=O)N1C[C@@H](CF)C[C@H]1c1ncc(-c2ccc(I)cc2)[nH]1. The molecule has 0 aliphatic carbocycles. The molecule has 140 valence electrons. The van der Waals surface area contributed by atoms with Gasteiger partial charge in [-0.3, -0.25) is 9.29 Å². The third kappa shape index (κ3) is 4.36. The topological polar surface area (TPSA) is 58.2 Å². The first kappa shape index (κ1) is 19.1. The van der Waals surface area contributed by atoms with Gasteiger partial charge in [-0.15, -0.1) is 0 Å². The second-order valence-corrected chi connectivity index (χ2v) is 8.84. The van der Waals surface area contributed by atoms with E-state index in [0.717, 1.165) is 14.8 Å². The van der Waals surface area contributed by atoms with E-state index in [1.807, 2.05) is 45.0 Å². The van der Waals surface area contributed by atoms with Gasteiger partial charge >= 0.3 is 6.09 Å². The summed E-state index contributed by atoms with van der Waals surface area (Å²) in [6.07, 6.45) is 1.87. The molecule has 1 aromatic heterocycles. The van der Waals surface area contributed by atoms with Crippen molar-refractivity contribution in [3.05, 3.63) is 39.9 Å². The van der Waals surface area contributed by atoms with Gasteiger partial charge in [0.1, 0.15) is 11.4 Å². The number of likely N-dealkylation sites (tertiary alicyclic amines) is 1. The molecular formula is C19H23FIN3O2. The molecule has 2 heterocycles. The lowest BCUT2D eigenvalue weighted by atomic mass is 10.1. The van der Waals surface area contributed by atoms with Crippen molar-refractivity contribution >= 4 is 28.7 Å². The van der Waals surface area contributed by atoms with Gasteiger partial charge in [0.25, 0.3) is 0 Å².